The number of hydrogen-bond acceptors (Lipinski definition) is 10. The fourth-order valence-electron chi connectivity index (χ4n) is 10.4. The van der Waals surface area contributed by atoms with Crippen molar-refractivity contribution in [1.29, 1.82) is 0 Å². The van der Waals surface area contributed by atoms with Crippen LogP contribution in [0.15, 0.2) is 18.2 Å². The van der Waals surface area contributed by atoms with E-state index in [0.29, 0.717) is 66.4 Å². The van der Waals surface area contributed by atoms with Gasteiger partial charge in [0, 0.05) is 54.5 Å². The van der Waals surface area contributed by atoms with Crippen LogP contribution in [0.25, 0.3) is 32.2 Å². The normalized spacial score (nSPS) is 33.2. The first-order valence-electron chi connectivity index (χ1n) is 17.2. The van der Waals surface area contributed by atoms with Crippen LogP contribution in [0.3, 0.4) is 0 Å². The third-order valence-corrected chi connectivity index (χ3v) is 13.6. The first-order chi connectivity index (χ1) is 23.6. The topological polar surface area (TPSA) is 119 Å². The van der Waals surface area contributed by atoms with Crippen LogP contribution in [0, 0.1) is 34.8 Å². The number of rotatable bonds is 7. The molecule has 6 aliphatic rings. The molecule has 14 heteroatoms. The van der Waals surface area contributed by atoms with Gasteiger partial charge in [-0.2, -0.15) is 9.97 Å². The number of nitrogen functional groups attached to an aromatic ring is 1. The van der Waals surface area contributed by atoms with Crippen LogP contribution in [0.4, 0.5) is 24.1 Å². The van der Waals surface area contributed by atoms with Gasteiger partial charge in [0.05, 0.1) is 26.8 Å². The second-order valence-electron chi connectivity index (χ2n) is 15.2. The number of thiazole rings is 1. The molecule has 4 aliphatic heterocycles. The highest BCUT2D eigenvalue weighted by Gasteiger charge is 2.66. The van der Waals surface area contributed by atoms with E-state index in [9.17, 15) is 13.6 Å². The van der Waals surface area contributed by atoms with Crippen molar-refractivity contribution in [1.82, 2.24) is 25.2 Å². The molecular weight excluding hydrogens is 675 g/mol. The molecule has 49 heavy (non-hydrogen) atoms. The van der Waals surface area contributed by atoms with Crippen LogP contribution in [0.1, 0.15) is 38.5 Å². The van der Waals surface area contributed by atoms with E-state index in [1.165, 1.54) is 12.1 Å². The maximum absolute atomic E-state index is 17.0. The molecule has 2 bridgehead atoms. The number of alkyl halides is 1. The molecular formula is C35H35ClF3N7O2S. The quantitative estimate of drug-likeness (QED) is 0.231. The fourth-order valence-corrected chi connectivity index (χ4v) is 11.4. The van der Waals surface area contributed by atoms with Gasteiger partial charge in [0.25, 0.3) is 0 Å². The Morgan fingerprint density at radius 1 is 1.14 bits per heavy atom. The average Bonchev–Trinajstić information content (AvgIpc) is 3.53. The molecule has 10 rings (SSSR count). The summed E-state index contributed by atoms with van der Waals surface area (Å²) < 4.78 is 52.9. The molecule has 256 valence electrons. The van der Waals surface area contributed by atoms with Crippen LogP contribution in [0.2, 0.25) is 5.02 Å². The Morgan fingerprint density at radius 2 is 2.00 bits per heavy atom. The summed E-state index contributed by atoms with van der Waals surface area (Å²) in [4.78, 5) is 31.6. The molecule has 3 N–H and O–H groups in total. The number of hydrogen-bond donors (Lipinski definition) is 2. The van der Waals surface area contributed by atoms with Gasteiger partial charge in [-0.25, -0.2) is 18.2 Å². The molecule has 0 radical (unpaired) electrons. The summed E-state index contributed by atoms with van der Waals surface area (Å²) in [5.74, 6) is 0.670. The Bertz CT molecular complexity index is 2080. The molecule has 0 spiro atoms. The van der Waals surface area contributed by atoms with E-state index in [-0.39, 0.29) is 55.5 Å². The monoisotopic (exact) mass is 709 g/mol. The van der Waals surface area contributed by atoms with Gasteiger partial charge >= 0.3 is 6.01 Å². The van der Waals surface area contributed by atoms with Crippen LogP contribution in [-0.4, -0.2) is 82.7 Å². The van der Waals surface area contributed by atoms with Gasteiger partial charge in [-0.1, -0.05) is 22.9 Å². The van der Waals surface area contributed by atoms with Crippen molar-refractivity contribution in [2.24, 2.45) is 23.2 Å². The van der Waals surface area contributed by atoms with Crippen molar-refractivity contribution in [3.63, 3.8) is 0 Å². The number of Topliss-reactive ketones (excluding diaryl/α,β-unsaturated/α-hetero) is 1. The number of nitrogens with one attached hydrogen (secondary N) is 1. The number of benzene rings is 2. The number of nitrogens with zero attached hydrogens (tertiary/aromatic N) is 5. The second-order valence-corrected chi connectivity index (χ2v) is 16.7. The van der Waals surface area contributed by atoms with Gasteiger partial charge in [-0.05, 0) is 74.6 Å². The third kappa shape index (κ3) is 4.50. The minimum Gasteiger partial charge on any atom is -0.461 e. The molecule has 2 aromatic heterocycles. The van der Waals surface area contributed by atoms with Crippen LogP contribution < -0.4 is 20.7 Å². The SMILES string of the molecule is Nc1nc2c(-c3c(Cl)cc4c(N5CC6CC7C(C5)CC7(C(=O)[C@H]5CN5)C6)nc(OC[C@@]56CCCN5C[C@H](F)C6)nc4c3F)ccc(F)c2s1. The lowest BCUT2D eigenvalue weighted by molar-refractivity contribution is -0.142. The number of halogens is 4. The number of ketones is 1. The maximum atomic E-state index is 17.0. The highest BCUT2D eigenvalue weighted by molar-refractivity contribution is 7.22. The highest BCUT2D eigenvalue weighted by Crippen LogP contribution is 2.65. The van der Waals surface area contributed by atoms with Gasteiger partial charge in [-0.3, -0.25) is 9.69 Å². The van der Waals surface area contributed by atoms with Crippen molar-refractivity contribution >= 4 is 60.8 Å². The van der Waals surface area contributed by atoms with E-state index >= 15 is 4.39 Å². The van der Waals surface area contributed by atoms with Crippen molar-refractivity contribution in [3.05, 3.63) is 34.9 Å². The Hall–Kier alpha value is -3.26. The minimum atomic E-state index is -0.920. The number of fused-ring (bicyclic) bond motifs is 4. The summed E-state index contributed by atoms with van der Waals surface area (Å²) in [5.41, 5.74) is 5.90. The van der Waals surface area contributed by atoms with Gasteiger partial charge in [0.2, 0.25) is 0 Å². The summed E-state index contributed by atoms with van der Waals surface area (Å²) in [6.45, 7) is 3.53. The molecule has 4 saturated heterocycles. The summed E-state index contributed by atoms with van der Waals surface area (Å²) >= 11 is 7.89. The summed E-state index contributed by atoms with van der Waals surface area (Å²) in [6, 6.07) is 4.43. The molecule has 2 saturated carbocycles. The number of nitrogens with two attached hydrogens (primary N) is 1. The first kappa shape index (κ1) is 30.6. The minimum absolute atomic E-state index is 0.00780. The summed E-state index contributed by atoms with van der Waals surface area (Å²) in [7, 11) is 0. The van der Waals surface area contributed by atoms with Gasteiger partial charge in [0.1, 0.15) is 29.9 Å². The molecule has 9 nitrogen and oxygen atoms in total. The van der Waals surface area contributed by atoms with Crippen molar-refractivity contribution < 1.29 is 22.7 Å². The van der Waals surface area contributed by atoms with Gasteiger partial charge < -0.3 is 20.7 Å². The van der Waals surface area contributed by atoms with E-state index in [4.69, 9.17) is 27.1 Å². The lowest BCUT2D eigenvalue weighted by Crippen LogP contribution is -2.55. The van der Waals surface area contributed by atoms with E-state index in [1.807, 2.05) is 0 Å². The van der Waals surface area contributed by atoms with E-state index in [0.717, 1.165) is 56.5 Å². The third-order valence-electron chi connectivity index (χ3n) is 12.4. The zero-order valence-electron chi connectivity index (χ0n) is 26.7. The molecule has 4 unspecified atom stereocenters. The maximum Gasteiger partial charge on any atom is 0.319 e. The number of aromatic nitrogens is 3. The van der Waals surface area contributed by atoms with Gasteiger partial charge in [-0.15, -0.1) is 0 Å². The van der Waals surface area contributed by atoms with E-state index in [2.05, 4.69) is 25.1 Å². The zero-order valence-corrected chi connectivity index (χ0v) is 28.2. The largest absolute Gasteiger partial charge is 0.461 e. The average molecular weight is 710 g/mol. The van der Waals surface area contributed by atoms with Crippen molar-refractivity contribution in [2.45, 2.75) is 56.3 Å². The first-order valence-corrected chi connectivity index (χ1v) is 18.4. The number of anilines is 2. The predicted molar refractivity (Wildman–Crippen MR) is 182 cm³/mol. The Morgan fingerprint density at radius 3 is 2.84 bits per heavy atom. The molecule has 6 fully saturated rings. The van der Waals surface area contributed by atoms with Crippen LogP contribution >= 0.6 is 22.9 Å². The molecule has 2 aliphatic carbocycles. The predicted octanol–water partition coefficient (Wildman–Crippen LogP) is 5.77. The molecule has 0 amide bonds. The Labute approximate surface area is 289 Å². The molecule has 6 heterocycles. The molecule has 4 aromatic rings. The van der Waals surface area contributed by atoms with E-state index < -0.39 is 23.3 Å². The summed E-state index contributed by atoms with van der Waals surface area (Å²) in [6.07, 6.45) is 3.93. The second kappa shape index (κ2) is 10.6. The van der Waals surface area contributed by atoms with Crippen molar-refractivity contribution in [3.8, 4) is 17.1 Å². The number of ether oxygens (including phenoxy) is 1. The fraction of sp³-hybridized carbons (Fsp3) is 0.543. The number of carbonyl (C=O) groups excluding carboxylic acids is 1. The lowest BCUT2D eigenvalue weighted by atomic mass is 9.52. The Balaban J connectivity index is 1.07. The van der Waals surface area contributed by atoms with Crippen molar-refractivity contribution in [2.75, 3.05) is 50.0 Å². The zero-order chi connectivity index (χ0) is 33.4. The molecule has 2 aromatic carbocycles. The standard InChI is InChI=1S/C35H35ClF3N7O2S/c36-22-7-20-27(26(39)25(22)19-2-3-23(38)29-28(19)42-32(40)49-29)43-33(48-15-34-4-1-5-46(34)14-18(37)10-34)44-31(20)45-12-16-6-21-17(13-45)9-35(21,8-16)30(47)24-11-41-24/h2-3,7,16-18,21,24,41H,1,4-6,8-15H2,(H2,40,42)/t16?,17?,18-,21?,24-,34+,35?/m1/s1. The Kier molecular flexibility index (Phi) is 6.63. The van der Waals surface area contributed by atoms with Crippen LogP contribution in [-0.2, 0) is 4.79 Å². The molecule has 7 atom stereocenters. The highest BCUT2D eigenvalue weighted by atomic mass is 35.5. The summed E-state index contributed by atoms with van der Waals surface area (Å²) in [5, 5.41) is 3.94. The number of carbonyl (C=O) groups is 1. The van der Waals surface area contributed by atoms with E-state index in [1.54, 1.807) is 6.07 Å². The smallest absolute Gasteiger partial charge is 0.319 e. The van der Waals surface area contributed by atoms with Crippen LogP contribution in [0.5, 0.6) is 6.01 Å². The van der Waals surface area contributed by atoms with Gasteiger partial charge in [0.15, 0.2) is 16.7 Å². The lowest BCUT2D eigenvalue weighted by Gasteiger charge is -2.52.